The molecule has 1 aromatic rings. The second-order valence-electron chi connectivity index (χ2n) is 7.40. The molecule has 0 aromatic heterocycles. The van der Waals surface area contributed by atoms with Crippen molar-refractivity contribution < 1.29 is 14.7 Å². The molecule has 1 aliphatic rings. The molecule has 4 nitrogen and oxygen atoms in total. The third-order valence-electron chi connectivity index (χ3n) is 5.40. The summed E-state index contributed by atoms with van der Waals surface area (Å²) in [6.07, 6.45) is 10.6. The van der Waals surface area contributed by atoms with E-state index in [0.717, 1.165) is 19.1 Å². The molecule has 1 fully saturated rings. The van der Waals surface area contributed by atoms with Gasteiger partial charge in [-0.15, -0.1) is 0 Å². The van der Waals surface area contributed by atoms with Gasteiger partial charge in [0.1, 0.15) is 6.29 Å². The second kappa shape index (κ2) is 9.59. The summed E-state index contributed by atoms with van der Waals surface area (Å²) in [6, 6.07) is 8.68. The van der Waals surface area contributed by atoms with Gasteiger partial charge in [-0.25, -0.2) is 4.79 Å². The highest BCUT2D eigenvalue weighted by molar-refractivity contribution is 5.75. The number of nitrogens with one attached hydrogen (secondary N) is 1. The van der Waals surface area contributed by atoms with Crippen molar-refractivity contribution in [1.29, 1.82) is 0 Å². The number of rotatable bonds is 10. The third-order valence-corrected chi connectivity index (χ3v) is 5.40. The summed E-state index contributed by atoms with van der Waals surface area (Å²) in [7, 11) is 0. The number of aldehydes is 1. The lowest BCUT2D eigenvalue weighted by atomic mass is 9.92. The SMILES string of the molecule is CCCCCCCCc1ccc([C@H]2CC[C@@](C=O)(NC(=O)O)C2)cc1. The zero-order valence-corrected chi connectivity index (χ0v) is 15.3. The first-order valence-corrected chi connectivity index (χ1v) is 9.65. The highest BCUT2D eigenvalue weighted by atomic mass is 16.4. The summed E-state index contributed by atoms with van der Waals surface area (Å²) in [5.41, 5.74) is 1.67. The highest BCUT2D eigenvalue weighted by Gasteiger charge is 2.40. The molecule has 2 N–H and O–H groups in total. The van der Waals surface area contributed by atoms with Crippen LogP contribution in [0.15, 0.2) is 24.3 Å². The first-order chi connectivity index (χ1) is 12.1. The van der Waals surface area contributed by atoms with E-state index in [0.29, 0.717) is 12.8 Å². The van der Waals surface area contributed by atoms with Crippen LogP contribution in [0.4, 0.5) is 4.79 Å². The minimum Gasteiger partial charge on any atom is -0.465 e. The van der Waals surface area contributed by atoms with Crippen molar-refractivity contribution in [2.75, 3.05) is 0 Å². The van der Waals surface area contributed by atoms with Gasteiger partial charge in [-0.05, 0) is 49.1 Å². The van der Waals surface area contributed by atoms with E-state index in [1.54, 1.807) is 0 Å². The summed E-state index contributed by atoms with van der Waals surface area (Å²) in [5.74, 6) is 0.250. The summed E-state index contributed by atoms with van der Waals surface area (Å²) in [4.78, 5) is 22.3. The Kier molecular flexibility index (Phi) is 7.48. The summed E-state index contributed by atoms with van der Waals surface area (Å²) in [6.45, 7) is 2.24. The number of aryl methyl sites for hydroxylation is 1. The number of benzene rings is 1. The number of unbranched alkanes of at least 4 members (excludes halogenated alkanes) is 5. The van der Waals surface area contributed by atoms with Gasteiger partial charge in [0, 0.05) is 0 Å². The van der Waals surface area contributed by atoms with Crippen LogP contribution in [0.1, 0.15) is 81.8 Å². The van der Waals surface area contributed by atoms with E-state index in [2.05, 4.69) is 36.5 Å². The molecule has 2 atom stereocenters. The molecule has 0 saturated heterocycles. The number of carbonyl (C=O) groups is 2. The number of carboxylic acid groups (broad SMARTS) is 1. The van der Waals surface area contributed by atoms with Crippen molar-refractivity contribution in [3.8, 4) is 0 Å². The molecule has 25 heavy (non-hydrogen) atoms. The zero-order valence-electron chi connectivity index (χ0n) is 15.3. The van der Waals surface area contributed by atoms with Crippen LogP contribution in [0.3, 0.4) is 0 Å². The van der Waals surface area contributed by atoms with Crippen LogP contribution in [-0.4, -0.2) is 23.0 Å². The largest absolute Gasteiger partial charge is 0.465 e. The van der Waals surface area contributed by atoms with Gasteiger partial charge in [0.15, 0.2) is 0 Å². The Morgan fingerprint density at radius 3 is 2.52 bits per heavy atom. The predicted octanol–water partition coefficient (Wildman–Crippen LogP) is 5.06. The van der Waals surface area contributed by atoms with E-state index in [4.69, 9.17) is 5.11 Å². The molecule has 0 bridgehead atoms. The third kappa shape index (κ3) is 5.87. The van der Waals surface area contributed by atoms with Crippen LogP contribution in [-0.2, 0) is 11.2 Å². The molecule has 138 valence electrons. The maximum Gasteiger partial charge on any atom is 0.405 e. The monoisotopic (exact) mass is 345 g/mol. The highest BCUT2D eigenvalue weighted by Crippen LogP contribution is 2.40. The van der Waals surface area contributed by atoms with Crippen LogP contribution in [0.5, 0.6) is 0 Å². The number of amides is 1. The maximum atomic E-state index is 11.4. The van der Waals surface area contributed by atoms with E-state index in [-0.39, 0.29) is 5.92 Å². The minimum atomic E-state index is -1.12. The molecule has 4 heteroatoms. The molecular formula is C21H31NO3. The molecule has 1 saturated carbocycles. The van der Waals surface area contributed by atoms with Crippen molar-refractivity contribution in [3.63, 3.8) is 0 Å². The van der Waals surface area contributed by atoms with Gasteiger partial charge in [-0.2, -0.15) is 0 Å². The normalized spacial score (nSPS) is 22.7. The number of hydrogen-bond acceptors (Lipinski definition) is 2. The van der Waals surface area contributed by atoms with Gasteiger partial charge in [0.05, 0.1) is 5.54 Å². The number of carbonyl (C=O) groups excluding carboxylic acids is 1. The molecule has 0 heterocycles. The average molecular weight is 345 g/mol. The Bertz CT molecular complexity index is 555. The van der Waals surface area contributed by atoms with E-state index in [1.165, 1.54) is 49.7 Å². The standard InChI is InChI=1S/C21H31NO3/c1-2-3-4-5-6-7-8-17-9-11-18(12-10-17)19-13-14-21(15-19,16-23)22-20(24)25/h9-12,16,19,22H,2-8,13-15H2,1H3,(H,24,25)/t19-,21+/m0/s1. The van der Waals surface area contributed by atoms with Gasteiger partial charge in [-0.3, -0.25) is 0 Å². The van der Waals surface area contributed by atoms with Crippen LogP contribution >= 0.6 is 0 Å². The lowest BCUT2D eigenvalue weighted by Gasteiger charge is -2.22. The molecular weight excluding hydrogens is 314 g/mol. The molecule has 1 aromatic carbocycles. The second-order valence-corrected chi connectivity index (χ2v) is 7.40. The van der Waals surface area contributed by atoms with Crippen molar-refractivity contribution >= 4 is 12.4 Å². The fraction of sp³-hybridized carbons (Fsp3) is 0.619. The lowest BCUT2D eigenvalue weighted by Crippen LogP contribution is -2.47. The predicted molar refractivity (Wildman–Crippen MR) is 100 cm³/mol. The average Bonchev–Trinajstić information content (AvgIpc) is 3.02. The lowest BCUT2D eigenvalue weighted by molar-refractivity contribution is -0.113. The summed E-state index contributed by atoms with van der Waals surface area (Å²) < 4.78 is 0. The van der Waals surface area contributed by atoms with E-state index >= 15 is 0 Å². The molecule has 0 radical (unpaired) electrons. The fourth-order valence-electron chi connectivity index (χ4n) is 3.89. The van der Waals surface area contributed by atoms with Gasteiger partial charge < -0.3 is 15.2 Å². The summed E-state index contributed by atoms with van der Waals surface area (Å²) >= 11 is 0. The Hall–Kier alpha value is -1.84. The molecule has 1 amide bonds. The van der Waals surface area contributed by atoms with Crippen molar-refractivity contribution in [2.24, 2.45) is 0 Å². The van der Waals surface area contributed by atoms with Crippen molar-refractivity contribution in [2.45, 2.75) is 82.6 Å². The van der Waals surface area contributed by atoms with Gasteiger partial charge in [0.2, 0.25) is 0 Å². The Labute approximate surface area is 151 Å². The number of hydrogen-bond donors (Lipinski definition) is 2. The van der Waals surface area contributed by atoms with E-state index < -0.39 is 11.6 Å². The first kappa shape index (κ1) is 19.5. The molecule has 0 unspecified atom stereocenters. The van der Waals surface area contributed by atoms with Crippen LogP contribution in [0.2, 0.25) is 0 Å². The molecule has 1 aliphatic carbocycles. The molecule has 2 rings (SSSR count). The quantitative estimate of drug-likeness (QED) is 0.460. The van der Waals surface area contributed by atoms with Crippen LogP contribution < -0.4 is 5.32 Å². The van der Waals surface area contributed by atoms with Gasteiger partial charge in [-0.1, -0.05) is 63.3 Å². The Morgan fingerprint density at radius 1 is 1.20 bits per heavy atom. The van der Waals surface area contributed by atoms with E-state index in [1.807, 2.05) is 0 Å². The Morgan fingerprint density at radius 2 is 1.88 bits per heavy atom. The van der Waals surface area contributed by atoms with Gasteiger partial charge >= 0.3 is 6.09 Å². The zero-order chi connectivity index (χ0) is 18.1. The molecule has 0 aliphatic heterocycles. The molecule has 0 spiro atoms. The fourth-order valence-corrected chi connectivity index (χ4v) is 3.89. The van der Waals surface area contributed by atoms with E-state index in [9.17, 15) is 9.59 Å². The van der Waals surface area contributed by atoms with Crippen molar-refractivity contribution in [1.82, 2.24) is 5.32 Å². The minimum absolute atomic E-state index is 0.250. The summed E-state index contributed by atoms with van der Waals surface area (Å²) in [5, 5.41) is 11.4. The van der Waals surface area contributed by atoms with Crippen LogP contribution in [0.25, 0.3) is 0 Å². The van der Waals surface area contributed by atoms with Crippen molar-refractivity contribution in [3.05, 3.63) is 35.4 Å². The van der Waals surface area contributed by atoms with Crippen LogP contribution in [0, 0.1) is 0 Å². The maximum absolute atomic E-state index is 11.4. The topological polar surface area (TPSA) is 66.4 Å². The first-order valence-electron chi connectivity index (χ1n) is 9.65. The Balaban J connectivity index is 1.82. The smallest absolute Gasteiger partial charge is 0.405 e. The van der Waals surface area contributed by atoms with Gasteiger partial charge in [0.25, 0.3) is 0 Å².